The van der Waals surface area contributed by atoms with Gasteiger partial charge in [-0.3, -0.25) is 4.68 Å². The minimum Gasteiger partial charge on any atom is -0.373 e. The lowest BCUT2D eigenvalue weighted by molar-refractivity contribution is -0.0392. The Kier molecular flexibility index (Phi) is 3.30. The third-order valence-electron chi connectivity index (χ3n) is 3.46. The van der Waals surface area contributed by atoms with Crippen LogP contribution in [0, 0.1) is 0 Å². The van der Waals surface area contributed by atoms with Gasteiger partial charge >= 0.3 is 0 Å². The monoisotopic (exact) mass is 223 g/mol. The van der Waals surface area contributed by atoms with E-state index >= 15 is 0 Å². The number of methoxy groups -OCH3 is 1. The highest BCUT2D eigenvalue weighted by Crippen LogP contribution is 2.34. The molecule has 1 aromatic heterocycles. The number of ether oxygens (including phenoxy) is 1. The van der Waals surface area contributed by atoms with Gasteiger partial charge in [0.05, 0.1) is 11.8 Å². The minimum absolute atomic E-state index is 0.127. The Morgan fingerprint density at radius 2 is 2.12 bits per heavy atom. The molecule has 0 saturated carbocycles. The van der Waals surface area contributed by atoms with E-state index in [1.54, 1.807) is 7.11 Å². The number of piperidine rings is 1. The summed E-state index contributed by atoms with van der Waals surface area (Å²) < 4.78 is 7.76. The van der Waals surface area contributed by atoms with Crippen molar-refractivity contribution in [3.05, 3.63) is 18.0 Å². The van der Waals surface area contributed by atoms with Crippen LogP contribution < -0.4 is 5.32 Å². The number of aromatic nitrogens is 2. The van der Waals surface area contributed by atoms with Gasteiger partial charge in [0.25, 0.3) is 0 Å². The first-order chi connectivity index (χ1) is 7.68. The molecule has 1 aliphatic rings. The van der Waals surface area contributed by atoms with Crippen molar-refractivity contribution >= 4 is 0 Å². The molecule has 1 saturated heterocycles. The molecule has 2 rings (SSSR count). The molecular weight excluding hydrogens is 202 g/mol. The first-order valence-electron chi connectivity index (χ1n) is 5.98. The van der Waals surface area contributed by atoms with Crippen molar-refractivity contribution in [3.8, 4) is 0 Å². The highest BCUT2D eigenvalue weighted by atomic mass is 16.5. The van der Waals surface area contributed by atoms with Gasteiger partial charge in [-0.15, -0.1) is 0 Å². The Hall–Kier alpha value is -0.870. The van der Waals surface area contributed by atoms with Crippen LogP contribution in [0.1, 0.15) is 38.3 Å². The summed E-state index contributed by atoms with van der Waals surface area (Å²) in [6, 6.07) is 0.407. The fraction of sp³-hybridized carbons (Fsp3) is 0.750. The van der Waals surface area contributed by atoms with Crippen molar-refractivity contribution in [2.45, 2.75) is 38.3 Å². The molecule has 0 aliphatic carbocycles. The fourth-order valence-corrected chi connectivity index (χ4v) is 2.30. The Labute approximate surface area is 97.0 Å². The van der Waals surface area contributed by atoms with E-state index < -0.39 is 0 Å². The van der Waals surface area contributed by atoms with Gasteiger partial charge < -0.3 is 10.1 Å². The van der Waals surface area contributed by atoms with E-state index in [4.69, 9.17) is 4.74 Å². The van der Waals surface area contributed by atoms with Crippen molar-refractivity contribution in [2.75, 3.05) is 20.2 Å². The van der Waals surface area contributed by atoms with Crippen molar-refractivity contribution in [1.29, 1.82) is 0 Å². The highest BCUT2D eigenvalue weighted by Gasteiger charge is 2.35. The number of nitrogens with one attached hydrogen (secondary N) is 1. The van der Waals surface area contributed by atoms with Crippen LogP contribution >= 0.6 is 0 Å². The molecule has 1 fully saturated rings. The predicted molar refractivity (Wildman–Crippen MR) is 63.4 cm³/mol. The summed E-state index contributed by atoms with van der Waals surface area (Å²) in [5.74, 6) is 0. The Bertz CT molecular complexity index is 340. The number of rotatable bonds is 3. The van der Waals surface area contributed by atoms with Crippen LogP contribution in [0.3, 0.4) is 0 Å². The van der Waals surface area contributed by atoms with Gasteiger partial charge in [0.15, 0.2) is 0 Å². The average Bonchev–Trinajstić information content (AvgIpc) is 2.80. The maximum atomic E-state index is 5.76. The molecule has 0 atom stereocenters. The quantitative estimate of drug-likeness (QED) is 0.847. The lowest BCUT2D eigenvalue weighted by Crippen LogP contribution is -2.41. The van der Waals surface area contributed by atoms with Gasteiger partial charge in [0.1, 0.15) is 0 Å². The summed E-state index contributed by atoms with van der Waals surface area (Å²) in [7, 11) is 1.80. The molecule has 1 aliphatic heterocycles. The van der Waals surface area contributed by atoms with Crippen LogP contribution in [-0.4, -0.2) is 30.0 Å². The van der Waals surface area contributed by atoms with Gasteiger partial charge in [-0.2, -0.15) is 5.10 Å². The van der Waals surface area contributed by atoms with Gasteiger partial charge in [-0.05, 0) is 39.8 Å². The summed E-state index contributed by atoms with van der Waals surface area (Å²) in [6.07, 6.45) is 6.12. The number of nitrogens with zero attached hydrogens (tertiary/aromatic N) is 2. The van der Waals surface area contributed by atoms with Crippen LogP contribution in [-0.2, 0) is 10.3 Å². The van der Waals surface area contributed by atoms with E-state index in [1.807, 2.05) is 10.9 Å². The number of hydrogen-bond donors (Lipinski definition) is 1. The van der Waals surface area contributed by atoms with Crippen LogP contribution in [0.25, 0.3) is 0 Å². The summed E-state index contributed by atoms with van der Waals surface area (Å²) in [4.78, 5) is 0. The molecule has 1 aromatic rings. The molecular formula is C12H21N3O. The zero-order chi connectivity index (χ0) is 11.6. The summed E-state index contributed by atoms with van der Waals surface area (Å²) in [6.45, 7) is 6.30. The SMILES string of the molecule is COC1(c2cnn(C(C)C)c2)CCNCC1. The molecule has 4 heteroatoms. The standard InChI is InChI=1S/C12H21N3O/c1-10(2)15-9-11(8-14-15)12(16-3)4-6-13-7-5-12/h8-10,13H,4-7H2,1-3H3. The molecule has 0 amide bonds. The van der Waals surface area contributed by atoms with E-state index in [0.717, 1.165) is 25.9 Å². The molecule has 2 heterocycles. The van der Waals surface area contributed by atoms with Crippen molar-refractivity contribution < 1.29 is 4.74 Å². The molecule has 0 radical (unpaired) electrons. The van der Waals surface area contributed by atoms with Crippen LogP contribution in [0.15, 0.2) is 12.4 Å². The van der Waals surface area contributed by atoms with E-state index in [-0.39, 0.29) is 5.60 Å². The first-order valence-corrected chi connectivity index (χ1v) is 5.98. The van der Waals surface area contributed by atoms with Crippen LogP contribution in [0.4, 0.5) is 0 Å². The van der Waals surface area contributed by atoms with Crippen molar-refractivity contribution in [3.63, 3.8) is 0 Å². The zero-order valence-electron chi connectivity index (χ0n) is 10.4. The third-order valence-corrected chi connectivity index (χ3v) is 3.46. The van der Waals surface area contributed by atoms with E-state index in [1.165, 1.54) is 5.56 Å². The fourth-order valence-electron chi connectivity index (χ4n) is 2.30. The normalized spacial score (nSPS) is 20.2. The highest BCUT2D eigenvalue weighted by molar-refractivity contribution is 5.17. The minimum atomic E-state index is -0.127. The molecule has 0 bridgehead atoms. The Balaban J connectivity index is 2.25. The molecule has 16 heavy (non-hydrogen) atoms. The maximum absolute atomic E-state index is 5.76. The summed E-state index contributed by atoms with van der Waals surface area (Å²) in [5.41, 5.74) is 1.09. The molecule has 1 N–H and O–H groups in total. The van der Waals surface area contributed by atoms with Gasteiger partial charge in [-0.1, -0.05) is 0 Å². The Morgan fingerprint density at radius 3 is 2.62 bits per heavy atom. The molecule has 4 nitrogen and oxygen atoms in total. The van der Waals surface area contributed by atoms with Crippen molar-refractivity contribution in [1.82, 2.24) is 15.1 Å². The second-order valence-corrected chi connectivity index (χ2v) is 4.75. The third kappa shape index (κ3) is 1.99. The van der Waals surface area contributed by atoms with Gasteiger partial charge in [0.2, 0.25) is 0 Å². The summed E-state index contributed by atoms with van der Waals surface area (Å²) in [5, 5.41) is 7.77. The number of hydrogen-bond acceptors (Lipinski definition) is 3. The molecule has 90 valence electrons. The lowest BCUT2D eigenvalue weighted by atomic mass is 9.87. The second kappa shape index (κ2) is 4.55. The van der Waals surface area contributed by atoms with E-state index in [0.29, 0.717) is 6.04 Å². The van der Waals surface area contributed by atoms with E-state index in [9.17, 15) is 0 Å². The van der Waals surface area contributed by atoms with Gasteiger partial charge in [0, 0.05) is 24.9 Å². The second-order valence-electron chi connectivity index (χ2n) is 4.75. The lowest BCUT2D eigenvalue weighted by Gasteiger charge is -2.35. The predicted octanol–water partition coefficient (Wildman–Crippen LogP) is 1.69. The molecule has 0 spiro atoms. The smallest absolute Gasteiger partial charge is 0.0981 e. The maximum Gasteiger partial charge on any atom is 0.0981 e. The first kappa shape index (κ1) is 11.6. The average molecular weight is 223 g/mol. The topological polar surface area (TPSA) is 39.1 Å². The van der Waals surface area contributed by atoms with Crippen molar-refractivity contribution in [2.24, 2.45) is 0 Å². The van der Waals surface area contributed by atoms with Gasteiger partial charge in [-0.25, -0.2) is 0 Å². The van der Waals surface area contributed by atoms with Crippen LogP contribution in [0.5, 0.6) is 0 Å². The zero-order valence-corrected chi connectivity index (χ0v) is 10.4. The molecule has 0 aromatic carbocycles. The largest absolute Gasteiger partial charge is 0.373 e. The van der Waals surface area contributed by atoms with Crippen LogP contribution in [0.2, 0.25) is 0 Å². The Morgan fingerprint density at radius 1 is 1.44 bits per heavy atom. The summed E-state index contributed by atoms with van der Waals surface area (Å²) >= 11 is 0. The van der Waals surface area contributed by atoms with E-state index in [2.05, 4.69) is 30.5 Å². The molecule has 0 unspecified atom stereocenters.